The maximum Gasteiger partial charge on any atom is 0.224 e. The Morgan fingerprint density at radius 3 is 2.90 bits per heavy atom. The molecule has 4 rings (SSSR count). The fraction of sp³-hybridized carbons (Fsp3) is 0.444. The molecule has 2 aromatic rings. The van der Waals surface area contributed by atoms with Gasteiger partial charge in [0, 0.05) is 18.0 Å². The molecule has 1 N–H and O–H groups in total. The first-order valence-corrected chi connectivity index (χ1v) is 7.93. The van der Waals surface area contributed by atoms with Crippen LogP contribution in [0.1, 0.15) is 32.1 Å². The summed E-state index contributed by atoms with van der Waals surface area (Å²) in [5, 5.41) is 4.13. The fourth-order valence-corrected chi connectivity index (χ4v) is 4.27. The summed E-state index contributed by atoms with van der Waals surface area (Å²) in [6.45, 7) is 0. The van der Waals surface area contributed by atoms with Crippen molar-refractivity contribution in [1.82, 2.24) is 4.98 Å². The van der Waals surface area contributed by atoms with Crippen molar-refractivity contribution in [3.05, 3.63) is 36.5 Å². The van der Waals surface area contributed by atoms with Gasteiger partial charge in [-0.25, -0.2) is 0 Å². The first-order valence-electron chi connectivity index (χ1n) is 7.93. The number of rotatable bonds is 3. The van der Waals surface area contributed by atoms with Crippen molar-refractivity contribution in [3.8, 4) is 0 Å². The molecule has 3 heteroatoms. The summed E-state index contributed by atoms with van der Waals surface area (Å²) in [6, 6.07) is 9.87. The van der Waals surface area contributed by atoms with Crippen LogP contribution in [0.15, 0.2) is 36.5 Å². The molecule has 1 heterocycles. The SMILES string of the molecule is O=C(C[C@@H]1C[C@@H]2CC[C@@H]1C2)Nc1cccc2cccnc12. The van der Waals surface area contributed by atoms with E-state index in [4.69, 9.17) is 0 Å². The van der Waals surface area contributed by atoms with Crippen LogP contribution in [0.5, 0.6) is 0 Å². The predicted octanol–water partition coefficient (Wildman–Crippen LogP) is 4.00. The summed E-state index contributed by atoms with van der Waals surface area (Å²) in [5.41, 5.74) is 1.71. The zero-order chi connectivity index (χ0) is 14.2. The van der Waals surface area contributed by atoms with Gasteiger partial charge in [-0.2, -0.15) is 0 Å². The number of nitrogens with zero attached hydrogens (tertiary/aromatic N) is 1. The molecule has 0 aliphatic heterocycles. The highest BCUT2D eigenvalue weighted by Gasteiger charge is 2.40. The van der Waals surface area contributed by atoms with Gasteiger partial charge in [0.05, 0.1) is 11.2 Å². The molecule has 0 unspecified atom stereocenters. The number of benzene rings is 1. The number of hydrogen-bond acceptors (Lipinski definition) is 2. The second kappa shape index (κ2) is 5.14. The lowest BCUT2D eigenvalue weighted by molar-refractivity contribution is -0.117. The number of hydrogen-bond donors (Lipinski definition) is 1. The minimum atomic E-state index is 0.144. The smallest absolute Gasteiger partial charge is 0.224 e. The number of carbonyl (C=O) groups excluding carboxylic acids is 1. The molecule has 2 fully saturated rings. The van der Waals surface area contributed by atoms with E-state index >= 15 is 0 Å². The second-order valence-corrected chi connectivity index (χ2v) is 6.57. The van der Waals surface area contributed by atoms with Crippen LogP contribution in [-0.2, 0) is 4.79 Å². The summed E-state index contributed by atoms with van der Waals surface area (Å²) in [7, 11) is 0. The van der Waals surface area contributed by atoms with E-state index in [9.17, 15) is 4.79 Å². The molecule has 2 saturated carbocycles. The topological polar surface area (TPSA) is 42.0 Å². The minimum absolute atomic E-state index is 0.144. The van der Waals surface area contributed by atoms with Gasteiger partial charge in [-0.05, 0) is 49.1 Å². The van der Waals surface area contributed by atoms with Gasteiger partial charge < -0.3 is 5.32 Å². The van der Waals surface area contributed by atoms with Crippen molar-refractivity contribution < 1.29 is 4.79 Å². The Balaban J connectivity index is 1.48. The Morgan fingerprint density at radius 2 is 2.10 bits per heavy atom. The molecule has 2 bridgehead atoms. The summed E-state index contributed by atoms with van der Waals surface area (Å²) in [6.07, 6.45) is 7.77. The summed E-state index contributed by atoms with van der Waals surface area (Å²) in [4.78, 5) is 16.7. The lowest BCUT2D eigenvalue weighted by Gasteiger charge is -2.21. The zero-order valence-electron chi connectivity index (χ0n) is 12.1. The van der Waals surface area contributed by atoms with Gasteiger partial charge in [0.2, 0.25) is 5.91 Å². The summed E-state index contributed by atoms with van der Waals surface area (Å²) >= 11 is 0. The van der Waals surface area contributed by atoms with E-state index in [1.807, 2.05) is 30.3 Å². The number of fused-ring (bicyclic) bond motifs is 3. The molecule has 0 saturated heterocycles. The number of anilines is 1. The Labute approximate surface area is 124 Å². The quantitative estimate of drug-likeness (QED) is 0.923. The Morgan fingerprint density at radius 1 is 1.19 bits per heavy atom. The van der Waals surface area contributed by atoms with Gasteiger partial charge in [0.1, 0.15) is 0 Å². The highest BCUT2D eigenvalue weighted by Crippen LogP contribution is 2.49. The van der Waals surface area contributed by atoms with Gasteiger partial charge in [-0.15, -0.1) is 0 Å². The van der Waals surface area contributed by atoms with Crippen molar-refractivity contribution >= 4 is 22.5 Å². The summed E-state index contributed by atoms with van der Waals surface area (Å²) < 4.78 is 0. The Kier molecular flexibility index (Phi) is 3.13. The third-order valence-electron chi connectivity index (χ3n) is 5.24. The predicted molar refractivity (Wildman–Crippen MR) is 83.9 cm³/mol. The molecule has 1 amide bonds. The van der Waals surface area contributed by atoms with Gasteiger partial charge in [0.15, 0.2) is 0 Å². The van der Waals surface area contributed by atoms with E-state index in [0.717, 1.165) is 28.4 Å². The van der Waals surface area contributed by atoms with Crippen molar-refractivity contribution in [2.75, 3.05) is 5.32 Å². The van der Waals surface area contributed by atoms with E-state index in [0.29, 0.717) is 12.3 Å². The highest BCUT2D eigenvalue weighted by atomic mass is 16.1. The van der Waals surface area contributed by atoms with E-state index in [2.05, 4.69) is 10.3 Å². The second-order valence-electron chi connectivity index (χ2n) is 6.57. The molecule has 21 heavy (non-hydrogen) atoms. The average molecular weight is 280 g/mol. The average Bonchev–Trinajstić information content (AvgIpc) is 3.10. The van der Waals surface area contributed by atoms with Crippen LogP contribution in [0.4, 0.5) is 5.69 Å². The zero-order valence-corrected chi connectivity index (χ0v) is 12.1. The van der Waals surface area contributed by atoms with Crippen LogP contribution in [0.25, 0.3) is 10.9 Å². The molecular weight excluding hydrogens is 260 g/mol. The molecule has 0 spiro atoms. The number of para-hydroxylation sites is 1. The van der Waals surface area contributed by atoms with Crippen LogP contribution >= 0.6 is 0 Å². The van der Waals surface area contributed by atoms with Gasteiger partial charge in [-0.3, -0.25) is 9.78 Å². The van der Waals surface area contributed by atoms with Crippen LogP contribution < -0.4 is 5.32 Å². The standard InChI is InChI=1S/C18H20N2O/c21-17(11-15-10-12-6-7-14(15)9-12)20-16-5-1-3-13-4-2-8-19-18(13)16/h1-5,8,12,14-15H,6-7,9-11H2,(H,20,21)/t12-,14-,15+/m1/s1. The summed E-state index contributed by atoms with van der Waals surface area (Å²) in [5.74, 6) is 2.44. The van der Waals surface area contributed by atoms with Crippen molar-refractivity contribution in [1.29, 1.82) is 0 Å². The molecule has 0 radical (unpaired) electrons. The third-order valence-corrected chi connectivity index (χ3v) is 5.24. The largest absolute Gasteiger partial charge is 0.324 e. The number of pyridine rings is 1. The van der Waals surface area contributed by atoms with Crippen LogP contribution in [-0.4, -0.2) is 10.9 Å². The maximum absolute atomic E-state index is 12.3. The highest BCUT2D eigenvalue weighted by molar-refractivity contribution is 6.00. The first-order chi connectivity index (χ1) is 10.3. The molecule has 108 valence electrons. The first kappa shape index (κ1) is 12.8. The lowest BCUT2D eigenvalue weighted by atomic mass is 9.86. The number of amides is 1. The van der Waals surface area contributed by atoms with E-state index in [-0.39, 0.29) is 5.91 Å². The normalized spacial score (nSPS) is 27.1. The Bertz CT molecular complexity index is 676. The molecular formula is C18H20N2O. The van der Waals surface area contributed by atoms with Crippen molar-refractivity contribution in [2.24, 2.45) is 17.8 Å². The minimum Gasteiger partial charge on any atom is -0.324 e. The van der Waals surface area contributed by atoms with Crippen molar-refractivity contribution in [3.63, 3.8) is 0 Å². The van der Waals surface area contributed by atoms with Crippen LogP contribution in [0, 0.1) is 17.8 Å². The number of aromatic nitrogens is 1. The maximum atomic E-state index is 12.3. The lowest BCUT2D eigenvalue weighted by Crippen LogP contribution is -2.20. The molecule has 1 aromatic carbocycles. The van der Waals surface area contributed by atoms with Crippen LogP contribution in [0.3, 0.4) is 0 Å². The molecule has 2 aliphatic rings. The Hall–Kier alpha value is -1.90. The monoisotopic (exact) mass is 280 g/mol. The van der Waals surface area contributed by atoms with Crippen LogP contribution in [0.2, 0.25) is 0 Å². The van der Waals surface area contributed by atoms with E-state index in [1.165, 1.54) is 25.7 Å². The van der Waals surface area contributed by atoms with E-state index < -0.39 is 0 Å². The molecule has 1 aromatic heterocycles. The molecule has 3 nitrogen and oxygen atoms in total. The molecule has 3 atom stereocenters. The molecule has 2 aliphatic carbocycles. The van der Waals surface area contributed by atoms with Crippen molar-refractivity contribution in [2.45, 2.75) is 32.1 Å². The van der Waals surface area contributed by atoms with Gasteiger partial charge in [0.25, 0.3) is 0 Å². The van der Waals surface area contributed by atoms with E-state index in [1.54, 1.807) is 6.20 Å². The third kappa shape index (κ3) is 2.41. The van der Waals surface area contributed by atoms with Gasteiger partial charge in [-0.1, -0.05) is 24.6 Å². The number of carbonyl (C=O) groups is 1. The fourth-order valence-electron chi connectivity index (χ4n) is 4.27. The number of nitrogens with one attached hydrogen (secondary N) is 1. The van der Waals surface area contributed by atoms with Gasteiger partial charge >= 0.3 is 0 Å².